The van der Waals surface area contributed by atoms with Crippen LogP contribution in [0.15, 0.2) is 42.5 Å². The van der Waals surface area contributed by atoms with Crippen LogP contribution < -0.4 is 0 Å². The molecule has 25 heavy (non-hydrogen) atoms. The quantitative estimate of drug-likeness (QED) is 0.418. The van der Waals surface area contributed by atoms with Gasteiger partial charge in [0.25, 0.3) is 0 Å². The Morgan fingerprint density at radius 2 is 1.20 bits per heavy atom. The van der Waals surface area contributed by atoms with E-state index in [1.807, 2.05) is 0 Å². The van der Waals surface area contributed by atoms with E-state index in [0.29, 0.717) is 22.0 Å². The maximum atomic E-state index is 12.8. The molecule has 0 saturated carbocycles. The van der Waals surface area contributed by atoms with Crippen molar-refractivity contribution in [2.24, 2.45) is 0 Å². The van der Waals surface area contributed by atoms with E-state index >= 15 is 0 Å². The second-order valence-corrected chi connectivity index (χ2v) is 6.45. The molecule has 0 aliphatic rings. The number of benzene rings is 2. The minimum atomic E-state index is -4.87. The highest BCUT2D eigenvalue weighted by Gasteiger charge is 2.36. The monoisotopic (exact) mass is 396 g/mol. The highest BCUT2D eigenvalue weighted by molar-refractivity contribution is 7.80. The predicted octanol–water partition coefficient (Wildman–Crippen LogP) is 6.53. The van der Waals surface area contributed by atoms with Crippen molar-refractivity contribution in [1.29, 1.82) is 0 Å². The van der Waals surface area contributed by atoms with Crippen molar-refractivity contribution in [3.8, 4) is 0 Å². The highest BCUT2D eigenvalue weighted by atomic mass is 35.5. The van der Waals surface area contributed by atoms with Gasteiger partial charge in [0.15, 0.2) is 0 Å². The van der Waals surface area contributed by atoms with E-state index in [9.17, 15) is 26.3 Å². The molecule has 0 N–H and O–H groups in total. The SMILES string of the molecule is FC(F)(F)c1cc(CC(=S)Cc2ccc(Cl)cc2)cc(C(F)(F)F)c1. The average Bonchev–Trinajstić information content (AvgIpc) is 2.47. The molecule has 0 atom stereocenters. The van der Waals surface area contributed by atoms with Crippen molar-refractivity contribution in [3.05, 3.63) is 69.7 Å². The molecule has 0 nitrogen and oxygen atoms in total. The first-order valence-corrected chi connectivity index (χ1v) is 7.78. The van der Waals surface area contributed by atoms with Gasteiger partial charge in [-0.2, -0.15) is 26.3 Å². The first kappa shape index (κ1) is 19.7. The molecule has 0 aromatic heterocycles. The van der Waals surface area contributed by atoms with E-state index in [0.717, 1.165) is 5.56 Å². The summed E-state index contributed by atoms with van der Waals surface area (Å²) in [7, 11) is 0. The van der Waals surface area contributed by atoms with Gasteiger partial charge in [0.2, 0.25) is 0 Å². The molecule has 0 unspecified atom stereocenters. The van der Waals surface area contributed by atoms with Crippen molar-refractivity contribution in [1.82, 2.24) is 0 Å². The van der Waals surface area contributed by atoms with E-state index < -0.39 is 23.5 Å². The van der Waals surface area contributed by atoms with E-state index in [1.165, 1.54) is 0 Å². The molecular weight excluding hydrogens is 386 g/mol. The van der Waals surface area contributed by atoms with Crippen LogP contribution in [0.1, 0.15) is 22.3 Å². The van der Waals surface area contributed by atoms with Gasteiger partial charge in [-0.1, -0.05) is 36.0 Å². The molecule has 8 heteroatoms. The normalized spacial score (nSPS) is 12.3. The molecule has 2 aromatic rings. The molecule has 0 aliphatic carbocycles. The van der Waals surface area contributed by atoms with Crippen LogP contribution >= 0.6 is 23.8 Å². The lowest BCUT2D eigenvalue weighted by atomic mass is 9.99. The van der Waals surface area contributed by atoms with Gasteiger partial charge in [-0.15, -0.1) is 0 Å². The fourth-order valence-electron chi connectivity index (χ4n) is 2.24. The van der Waals surface area contributed by atoms with Crippen molar-refractivity contribution in [3.63, 3.8) is 0 Å². The molecule has 2 rings (SSSR count). The minimum Gasteiger partial charge on any atom is -0.166 e. The van der Waals surface area contributed by atoms with E-state index in [4.69, 9.17) is 23.8 Å². The Bertz CT molecular complexity index is 730. The van der Waals surface area contributed by atoms with Crippen LogP contribution in [-0.2, 0) is 25.2 Å². The number of hydrogen-bond acceptors (Lipinski definition) is 1. The molecule has 0 amide bonds. The van der Waals surface area contributed by atoms with Gasteiger partial charge >= 0.3 is 12.4 Å². The van der Waals surface area contributed by atoms with Gasteiger partial charge in [0, 0.05) is 22.7 Å². The Hall–Kier alpha value is -1.60. The zero-order chi connectivity index (χ0) is 18.8. The Morgan fingerprint density at radius 1 is 0.760 bits per heavy atom. The lowest BCUT2D eigenvalue weighted by Gasteiger charge is -2.14. The lowest BCUT2D eigenvalue weighted by Crippen LogP contribution is -2.13. The van der Waals surface area contributed by atoms with E-state index in [1.54, 1.807) is 24.3 Å². The lowest BCUT2D eigenvalue weighted by molar-refractivity contribution is -0.143. The van der Waals surface area contributed by atoms with Crippen molar-refractivity contribution >= 4 is 28.7 Å². The van der Waals surface area contributed by atoms with Crippen LogP contribution in [-0.4, -0.2) is 4.86 Å². The summed E-state index contributed by atoms with van der Waals surface area (Å²) in [6, 6.07) is 8.15. The fraction of sp³-hybridized carbons (Fsp3) is 0.235. The van der Waals surface area contributed by atoms with Gasteiger partial charge in [-0.3, -0.25) is 0 Å². The summed E-state index contributed by atoms with van der Waals surface area (Å²) in [6.45, 7) is 0. The van der Waals surface area contributed by atoms with Crippen LogP contribution in [0.25, 0.3) is 0 Å². The average molecular weight is 397 g/mol. The molecule has 134 valence electrons. The second kappa shape index (κ2) is 7.33. The second-order valence-electron chi connectivity index (χ2n) is 5.43. The Balaban J connectivity index is 2.25. The largest absolute Gasteiger partial charge is 0.416 e. The van der Waals surface area contributed by atoms with E-state index in [2.05, 4.69) is 0 Å². The molecule has 0 aliphatic heterocycles. The van der Waals surface area contributed by atoms with Crippen molar-refractivity contribution in [2.75, 3.05) is 0 Å². The van der Waals surface area contributed by atoms with Crippen LogP contribution in [0.3, 0.4) is 0 Å². The van der Waals surface area contributed by atoms with Crippen LogP contribution in [0.4, 0.5) is 26.3 Å². The fourth-order valence-corrected chi connectivity index (χ4v) is 2.70. The standard InChI is InChI=1S/C17H11ClF6S/c18-14-3-1-10(2-4-14)7-15(25)8-11-5-12(16(19,20)21)9-13(6-11)17(22,23)24/h1-6,9H,7-8H2. The molecule has 0 spiro atoms. The van der Waals surface area contributed by atoms with Gasteiger partial charge in [-0.05, 0) is 41.5 Å². The molecule has 0 bridgehead atoms. The summed E-state index contributed by atoms with van der Waals surface area (Å²) in [5.41, 5.74) is -2.03. The Labute approximate surface area is 150 Å². The number of halogens is 7. The summed E-state index contributed by atoms with van der Waals surface area (Å²) in [5, 5.41) is 0.516. The molecule has 0 saturated heterocycles. The van der Waals surface area contributed by atoms with Gasteiger partial charge < -0.3 is 0 Å². The smallest absolute Gasteiger partial charge is 0.166 e. The van der Waals surface area contributed by atoms with Crippen molar-refractivity contribution < 1.29 is 26.3 Å². The molecule has 0 radical (unpaired) electrons. The number of alkyl halides is 6. The van der Waals surface area contributed by atoms with Gasteiger partial charge in [0.05, 0.1) is 11.1 Å². The highest BCUT2D eigenvalue weighted by Crippen LogP contribution is 2.36. The molecular formula is C17H11ClF6S. The first-order chi connectivity index (χ1) is 11.4. The van der Waals surface area contributed by atoms with Crippen LogP contribution in [0.2, 0.25) is 5.02 Å². The number of thiocarbonyl (C=S) groups is 1. The van der Waals surface area contributed by atoms with Gasteiger partial charge in [-0.25, -0.2) is 0 Å². The van der Waals surface area contributed by atoms with Crippen molar-refractivity contribution in [2.45, 2.75) is 25.2 Å². The molecule has 2 aromatic carbocycles. The third-order valence-corrected chi connectivity index (χ3v) is 3.90. The number of rotatable bonds is 4. The molecule has 0 fully saturated rings. The summed E-state index contributed by atoms with van der Waals surface area (Å²) < 4.78 is 77.1. The van der Waals surface area contributed by atoms with E-state index in [-0.39, 0.29) is 24.5 Å². The summed E-state index contributed by atoms with van der Waals surface area (Å²) >= 11 is 10.9. The predicted molar refractivity (Wildman–Crippen MR) is 87.9 cm³/mol. The third-order valence-electron chi connectivity index (χ3n) is 3.36. The Kier molecular flexibility index (Phi) is 5.79. The summed E-state index contributed by atoms with van der Waals surface area (Å²) in [4.78, 5) is 0.328. The maximum absolute atomic E-state index is 12.8. The summed E-state index contributed by atoms with van der Waals surface area (Å²) in [5.74, 6) is 0. The maximum Gasteiger partial charge on any atom is 0.416 e. The molecule has 0 heterocycles. The number of hydrogen-bond donors (Lipinski definition) is 0. The van der Waals surface area contributed by atoms with Gasteiger partial charge in [0.1, 0.15) is 0 Å². The third kappa shape index (κ3) is 5.71. The Morgan fingerprint density at radius 3 is 1.64 bits per heavy atom. The topological polar surface area (TPSA) is 0 Å². The van der Waals surface area contributed by atoms with Crippen LogP contribution in [0.5, 0.6) is 0 Å². The summed E-state index contributed by atoms with van der Waals surface area (Å²) in [6.07, 6.45) is -9.64. The zero-order valence-electron chi connectivity index (χ0n) is 12.5. The zero-order valence-corrected chi connectivity index (χ0v) is 14.1. The minimum absolute atomic E-state index is 0.103. The first-order valence-electron chi connectivity index (χ1n) is 6.99. The van der Waals surface area contributed by atoms with Crippen LogP contribution in [0, 0.1) is 0 Å².